The highest BCUT2D eigenvalue weighted by atomic mass is 32.2. The molecular formula is C18H21N3O2S2. The van der Waals surface area contributed by atoms with Crippen LogP contribution in [0.3, 0.4) is 0 Å². The molecule has 0 spiro atoms. The topological polar surface area (TPSA) is 45.7 Å². The van der Waals surface area contributed by atoms with Crippen molar-refractivity contribution in [1.29, 1.82) is 0 Å². The van der Waals surface area contributed by atoms with Crippen molar-refractivity contribution in [3.05, 3.63) is 40.2 Å². The molecule has 132 valence electrons. The first-order valence-electron chi connectivity index (χ1n) is 8.48. The monoisotopic (exact) mass is 375 g/mol. The number of morpholine rings is 1. The van der Waals surface area contributed by atoms with E-state index in [4.69, 9.17) is 4.74 Å². The number of thiophene rings is 1. The minimum absolute atomic E-state index is 0.0982. The summed E-state index contributed by atoms with van der Waals surface area (Å²) in [5.74, 6) is 2.08. The molecule has 0 N–H and O–H groups in total. The highest BCUT2D eigenvalue weighted by Gasteiger charge is 2.30. The number of carbonyl (C=O) groups excluding carboxylic acids is 1. The van der Waals surface area contributed by atoms with E-state index < -0.39 is 0 Å². The molecule has 5 nitrogen and oxygen atoms in total. The van der Waals surface area contributed by atoms with E-state index >= 15 is 0 Å². The highest BCUT2D eigenvalue weighted by Crippen LogP contribution is 2.40. The van der Waals surface area contributed by atoms with Crippen LogP contribution in [-0.2, 0) is 16.0 Å². The Morgan fingerprint density at radius 3 is 2.92 bits per heavy atom. The summed E-state index contributed by atoms with van der Waals surface area (Å²) in [7, 11) is 1.84. The summed E-state index contributed by atoms with van der Waals surface area (Å²) in [5.41, 5.74) is 2.03. The van der Waals surface area contributed by atoms with E-state index in [2.05, 4.69) is 21.3 Å². The highest BCUT2D eigenvalue weighted by molar-refractivity contribution is 8.00. The van der Waals surface area contributed by atoms with Gasteiger partial charge in [0.15, 0.2) is 0 Å². The van der Waals surface area contributed by atoms with E-state index in [1.807, 2.05) is 19.2 Å². The summed E-state index contributed by atoms with van der Waals surface area (Å²) in [6, 6.07) is 6.08. The second-order valence-electron chi connectivity index (χ2n) is 6.17. The average Bonchev–Trinajstić information content (AvgIpc) is 3.16. The van der Waals surface area contributed by atoms with Crippen LogP contribution in [0, 0.1) is 0 Å². The first-order chi connectivity index (χ1) is 12.2. The van der Waals surface area contributed by atoms with E-state index in [9.17, 15) is 4.79 Å². The Hall–Kier alpha value is -1.57. The smallest absolute Gasteiger partial charge is 0.244 e. The van der Waals surface area contributed by atoms with Crippen LogP contribution >= 0.6 is 23.1 Å². The third-order valence-corrected chi connectivity index (χ3v) is 6.91. The number of fused-ring (bicyclic) bond motifs is 1. The Morgan fingerprint density at radius 1 is 1.32 bits per heavy atom. The minimum Gasteiger partial charge on any atom is -0.378 e. The van der Waals surface area contributed by atoms with Gasteiger partial charge in [0.2, 0.25) is 5.91 Å². The van der Waals surface area contributed by atoms with Gasteiger partial charge in [-0.05, 0) is 41.3 Å². The van der Waals surface area contributed by atoms with Crippen LogP contribution in [-0.4, -0.2) is 50.0 Å². The summed E-state index contributed by atoms with van der Waals surface area (Å²) >= 11 is 3.50. The third kappa shape index (κ3) is 3.41. The largest absolute Gasteiger partial charge is 0.378 e. The Bertz CT molecular complexity index is 741. The van der Waals surface area contributed by atoms with Gasteiger partial charge in [-0.3, -0.25) is 4.79 Å². The molecule has 0 radical (unpaired) electrons. The fraction of sp³-hybridized carbons (Fsp3) is 0.444. The molecule has 2 aliphatic heterocycles. The van der Waals surface area contributed by atoms with Gasteiger partial charge in [-0.25, -0.2) is 4.98 Å². The lowest BCUT2D eigenvalue weighted by atomic mass is 10.1. The predicted octanol–water partition coefficient (Wildman–Crippen LogP) is 2.97. The molecule has 25 heavy (non-hydrogen) atoms. The van der Waals surface area contributed by atoms with Gasteiger partial charge in [-0.15, -0.1) is 23.1 Å². The summed E-state index contributed by atoms with van der Waals surface area (Å²) in [4.78, 5) is 22.9. The van der Waals surface area contributed by atoms with Crippen LogP contribution in [0.4, 0.5) is 11.5 Å². The molecule has 4 heterocycles. The van der Waals surface area contributed by atoms with Gasteiger partial charge in [-0.1, -0.05) is 0 Å². The minimum atomic E-state index is -0.0982. The van der Waals surface area contributed by atoms with E-state index in [1.54, 1.807) is 34.2 Å². The quantitative estimate of drug-likeness (QED) is 0.825. The lowest BCUT2D eigenvalue weighted by molar-refractivity contribution is -0.117. The molecule has 2 aliphatic rings. The maximum Gasteiger partial charge on any atom is 0.244 e. The Morgan fingerprint density at radius 2 is 2.16 bits per heavy atom. The van der Waals surface area contributed by atoms with Gasteiger partial charge in [0.05, 0.1) is 25.1 Å². The third-order valence-electron chi connectivity index (χ3n) is 4.69. The van der Waals surface area contributed by atoms with Gasteiger partial charge in [-0.2, -0.15) is 0 Å². The number of hydrogen-bond donors (Lipinski definition) is 0. The van der Waals surface area contributed by atoms with Gasteiger partial charge < -0.3 is 14.5 Å². The molecule has 7 heteroatoms. The van der Waals surface area contributed by atoms with Crippen molar-refractivity contribution >= 4 is 40.5 Å². The Balaban J connectivity index is 1.49. The fourth-order valence-corrected chi connectivity index (χ4v) is 5.59. The van der Waals surface area contributed by atoms with Crippen molar-refractivity contribution in [3.63, 3.8) is 0 Å². The zero-order chi connectivity index (χ0) is 17.2. The first-order valence-corrected chi connectivity index (χ1v) is 10.4. The van der Waals surface area contributed by atoms with Crippen LogP contribution in [0.2, 0.25) is 0 Å². The van der Waals surface area contributed by atoms with Crippen LogP contribution in [0.25, 0.3) is 0 Å². The number of amides is 1. The summed E-state index contributed by atoms with van der Waals surface area (Å²) in [6.45, 7) is 3.20. The normalized spacial score (nSPS) is 20.2. The number of aryl methyl sites for hydroxylation is 1. The second-order valence-corrected chi connectivity index (χ2v) is 8.38. The summed E-state index contributed by atoms with van der Waals surface area (Å²) in [5, 5.41) is 1.99. The van der Waals surface area contributed by atoms with Gasteiger partial charge >= 0.3 is 0 Å². The molecule has 1 unspecified atom stereocenters. The molecule has 2 aromatic heterocycles. The number of carbonyl (C=O) groups is 1. The number of rotatable bonds is 3. The van der Waals surface area contributed by atoms with Gasteiger partial charge in [0, 0.05) is 25.0 Å². The van der Waals surface area contributed by atoms with Gasteiger partial charge in [0.1, 0.15) is 11.1 Å². The van der Waals surface area contributed by atoms with Crippen molar-refractivity contribution in [2.24, 2.45) is 0 Å². The van der Waals surface area contributed by atoms with Crippen LogP contribution in [0.5, 0.6) is 0 Å². The predicted molar refractivity (Wildman–Crippen MR) is 104 cm³/mol. The lowest BCUT2D eigenvalue weighted by Gasteiger charge is -2.29. The number of hydrogen-bond acceptors (Lipinski definition) is 6. The maximum atomic E-state index is 13.0. The molecule has 1 amide bonds. The molecule has 1 fully saturated rings. The van der Waals surface area contributed by atoms with Crippen molar-refractivity contribution in [2.75, 3.05) is 48.9 Å². The second kappa shape index (κ2) is 7.35. The van der Waals surface area contributed by atoms with Crippen molar-refractivity contribution in [1.82, 2.24) is 4.98 Å². The van der Waals surface area contributed by atoms with Crippen LogP contribution in [0.1, 0.15) is 15.7 Å². The number of anilines is 2. The van der Waals surface area contributed by atoms with Crippen molar-refractivity contribution in [2.45, 2.75) is 11.7 Å². The standard InChI is InChI=1S/C18H21N3O2S2/c1-20(18(22)17-14-4-10-24-15(14)5-11-25-17)13-2-3-16(19-12-13)21-6-8-23-9-7-21/h2-4,10,12,17H,5-9,11H2,1H3. The molecule has 1 saturated heterocycles. The van der Waals surface area contributed by atoms with E-state index in [0.717, 1.165) is 50.0 Å². The molecule has 0 aromatic carbocycles. The maximum absolute atomic E-state index is 13.0. The number of likely N-dealkylation sites (N-methyl/N-ethyl adjacent to an activating group) is 1. The van der Waals surface area contributed by atoms with Crippen LogP contribution in [0.15, 0.2) is 29.8 Å². The first kappa shape index (κ1) is 16.9. The zero-order valence-corrected chi connectivity index (χ0v) is 15.8. The molecule has 2 aromatic rings. The number of nitrogens with zero attached hydrogens (tertiary/aromatic N) is 3. The molecule has 1 atom stereocenters. The van der Waals surface area contributed by atoms with Crippen molar-refractivity contribution < 1.29 is 9.53 Å². The van der Waals surface area contributed by atoms with E-state index in [-0.39, 0.29) is 11.2 Å². The SMILES string of the molecule is CN(C(=O)C1SCCc2sccc21)c1ccc(N2CCOCC2)nc1. The van der Waals surface area contributed by atoms with Gasteiger partial charge in [0.25, 0.3) is 0 Å². The summed E-state index contributed by atoms with van der Waals surface area (Å²) in [6.07, 6.45) is 2.87. The zero-order valence-electron chi connectivity index (χ0n) is 14.2. The fourth-order valence-electron chi connectivity index (χ4n) is 3.21. The number of pyridine rings is 1. The molecule has 0 aliphatic carbocycles. The molecule has 0 saturated carbocycles. The number of thioether (sulfide) groups is 1. The number of aromatic nitrogens is 1. The Labute approximate surface area is 156 Å². The van der Waals surface area contributed by atoms with E-state index in [1.165, 1.54) is 10.4 Å². The lowest BCUT2D eigenvalue weighted by Crippen LogP contribution is -2.37. The van der Waals surface area contributed by atoms with Crippen molar-refractivity contribution in [3.8, 4) is 0 Å². The average molecular weight is 376 g/mol. The van der Waals surface area contributed by atoms with Crippen LogP contribution < -0.4 is 9.80 Å². The Kier molecular flexibility index (Phi) is 4.96. The van der Waals surface area contributed by atoms with E-state index in [0.29, 0.717) is 0 Å². The summed E-state index contributed by atoms with van der Waals surface area (Å²) < 4.78 is 5.38. The molecule has 0 bridgehead atoms. The molecular weight excluding hydrogens is 354 g/mol. The molecule has 4 rings (SSSR count). The number of ether oxygens (including phenoxy) is 1.